The largest absolute Gasteiger partial charge is 0.543 e. The number of rotatable bonds is 3. The average Bonchev–Trinajstić information content (AvgIpc) is 2.83. The van der Waals surface area contributed by atoms with E-state index in [1.54, 1.807) is 6.07 Å². The molecule has 1 aromatic carbocycles. The van der Waals surface area contributed by atoms with Crippen LogP contribution in [0.5, 0.6) is 5.75 Å². The van der Waals surface area contributed by atoms with Crippen LogP contribution in [-0.2, 0) is 4.74 Å². The fraction of sp³-hybridized carbons (Fsp3) is 0.611. The molecule has 0 N–H and O–H groups in total. The summed E-state index contributed by atoms with van der Waals surface area (Å²) in [6.07, 6.45) is 2.95. The molecule has 0 aliphatic carbocycles. The minimum atomic E-state index is -2.08. The molecule has 1 aromatic heterocycles. The maximum Gasteiger partial charge on any atom is 0.250 e. The monoisotopic (exact) mass is 476 g/mol. The van der Waals surface area contributed by atoms with E-state index in [2.05, 4.69) is 61.6 Å². The minimum Gasteiger partial charge on any atom is -0.543 e. The van der Waals surface area contributed by atoms with E-state index in [4.69, 9.17) is 9.16 Å². The van der Waals surface area contributed by atoms with Gasteiger partial charge in [-0.05, 0) is 60.0 Å². The second kappa shape index (κ2) is 6.81. The molecule has 138 valence electrons. The molecule has 7 heteroatoms. The molecule has 2 heterocycles. The van der Waals surface area contributed by atoms with Crippen molar-refractivity contribution in [2.75, 3.05) is 6.61 Å². The first-order chi connectivity index (χ1) is 11.6. The fourth-order valence-electron chi connectivity index (χ4n) is 2.80. The smallest absolute Gasteiger partial charge is 0.250 e. The van der Waals surface area contributed by atoms with Crippen LogP contribution in [0.3, 0.4) is 0 Å². The maximum absolute atomic E-state index is 14.4. The van der Waals surface area contributed by atoms with Crippen molar-refractivity contribution >= 4 is 41.8 Å². The van der Waals surface area contributed by atoms with Crippen LogP contribution >= 0.6 is 22.6 Å². The van der Waals surface area contributed by atoms with E-state index in [-0.39, 0.29) is 17.1 Å². The van der Waals surface area contributed by atoms with Crippen LogP contribution in [0, 0.1) is 9.52 Å². The van der Waals surface area contributed by atoms with E-state index in [9.17, 15) is 4.39 Å². The molecule has 1 fully saturated rings. The molecule has 0 spiro atoms. The van der Waals surface area contributed by atoms with Crippen molar-refractivity contribution in [2.24, 2.45) is 0 Å². The van der Waals surface area contributed by atoms with E-state index in [1.807, 2.05) is 4.68 Å². The lowest BCUT2D eigenvalue weighted by Gasteiger charge is -2.36. The third kappa shape index (κ3) is 3.73. The Bertz CT molecular complexity index is 779. The third-order valence-corrected chi connectivity index (χ3v) is 10.4. The normalized spacial score (nSPS) is 19.4. The second-order valence-corrected chi connectivity index (χ2v) is 14.0. The Hall–Kier alpha value is -0.673. The van der Waals surface area contributed by atoms with Crippen molar-refractivity contribution in [1.29, 1.82) is 0 Å². The highest BCUT2D eigenvalue weighted by Gasteiger charge is 2.39. The number of hydrogen-bond donors (Lipinski definition) is 0. The fourth-order valence-corrected chi connectivity index (χ4v) is 4.59. The lowest BCUT2D eigenvalue weighted by Crippen LogP contribution is -2.43. The Morgan fingerprint density at radius 3 is 2.64 bits per heavy atom. The number of nitrogens with zero attached hydrogens (tertiary/aromatic N) is 2. The van der Waals surface area contributed by atoms with Gasteiger partial charge in [0.2, 0.25) is 0 Å². The van der Waals surface area contributed by atoms with Crippen molar-refractivity contribution in [3.63, 3.8) is 0 Å². The molecule has 1 saturated heterocycles. The molecule has 1 unspecified atom stereocenters. The molecule has 0 saturated carbocycles. The van der Waals surface area contributed by atoms with Gasteiger partial charge in [-0.1, -0.05) is 20.8 Å². The third-order valence-electron chi connectivity index (χ3n) is 5.29. The highest BCUT2D eigenvalue weighted by molar-refractivity contribution is 14.1. The summed E-state index contributed by atoms with van der Waals surface area (Å²) in [5, 5.41) is 5.59. The van der Waals surface area contributed by atoms with Crippen molar-refractivity contribution in [3.8, 4) is 5.75 Å². The van der Waals surface area contributed by atoms with Crippen LogP contribution in [0.4, 0.5) is 4.39 Å². The van der Waals surface area contributed by atoms with Gasteiger partial charge in [-0.2, -0.15) is 5.10 Å². The van der Waals surface area contributed by atoms with E-state index in [0.717, 1.165) is 40.5 Å². The standard InChI is InChI=1S/C18H26FIN2O2Si/c1-18(2,3)25(4,5)24-14-11-12(19)10-13-16(14)17(20)21-22(13)15-8-6-7-9-23-15/h10-11,15H,6-9H2,1-5H3. The SMILES string of the molecule is CC(C)(C)[Si](C)(C)Oc1cc(F)cc2c1c(I)nn2C1CCCCO1. The molecule has 4 nitrogen and oxygen atoms in total. The predicted molar refractivity (Wildman–Crippen MR) is 109 cm³/mol. The van der Waals surface area contributed by atoms with Gasteiger partial charge in [0.25, 0.3) is 8.32 Å². The number of halogens is 2. The van der Waals surface area contributed by atoms with Crippen LogP contribution in [0.2, 0.25) is 18.1 Å². The van der Waals surface area contributed by atoms with Gasteiger partial charge < -0.3 is 9.16 Å². The quantitative estimate of drug-likeness (QED) is 0.411. The van der Waals surface area contributed by atoms with Crippen LogP contribution < -0.4 is 4.43 Å². The lowest BCUT2D eigenvalue weighted by molar-refractivity contribution is -0.0368. The molecule has 3 rings (SSSR count). The van der Waals surface area contributed by atoms with Crippen LogP contribution in [0.15, 0.2) is 12.1 Å². The first kappa shape index (κ1) is 19.1. The molecule has 0 amide bonds. The van der Waals surface area contributed by atoms with Crippen LogP contribution in [-0.4, -0.2) is 24.7 Å². The second-order valence-electron chi connectivity index (χ2n) is 8.22. The first-order valence-electron chi connectivity index (χ1n) is 8.78. The minimum absolute atomic E-state index is 0.0412. The Morgan fingerprint density at radius 2 is 2.04 bits per heavy atom. The van der Waals surface area contributed by atoms with Gasteiger partial charge in [0, 0.05) is 18.7 Å². The van der Waals surface area contributed by atoms with Gasteiger partial charge in [-0.3, -0.25) is 0 Å². The van der Waals surface area contributed by atoms with Crippen LogP contribution in [0.25, 0.3) is 10.9 Å². The Kier molecular flexibility index (Phi) is 5.20. The number of fused-ring (bicyclic) bond motifs is 1. The van der Waals surface area contributed by atoms with E-state index >= 15 is 0 Å². The summed E-state index contributed by atoms with van der Waals surface area (Å²) in [5.74, 6) is 0.308. The predicted octanol–water partition coefficient (Wildman–Crippen LogP) is 5.86. The van der Waals surface area contributed by atoms with Crippen molar-refractivity contribution in [3.05, 3.63) is 21.7 Å². The topological polar surface area (TPSA) is 36.3 Å². The molecule has 0 bridgehead atoms. The van der Waals surface area contributed by atoms with Crippen molar-refractivity contribution in [2.45, 2.75) is 64.4 Å². The number of aromatic nitrogens is 2. The van der Waals surface area contributed by atoms with Crippen molar-refractivity contribution < 1.29 is 13.6 Å². The maximum atomic E-state index is 14.4. The lowest BCUT2D eigenvalue weighted by atomic mass is 10.2. The molecular formula is C18H26FIN2O2Si. The van der Waals surface area contributed by atoms with E-state index in [0.29, 0.717) is 5.75 Å². The molecule has 1 aliphatic rings. The average molecular weight is 476 g/mol. The van der Waals surface area contributed by atoms with Gasteiger partial charge in [-0.25, -0.2) is 9.07 Å². The van der Waals surface area contributed by atoms with E-state index in [1.165, 1.54) is 6.07 Å². The summed E-state index contributed by atoms with van der Waals surface area (Å²) >= 11 is 2.21. The summed E-state index contributed by atoms with van der Waals surface area (Å²) < 4.78 is 29.3. The zero-order valence-electron chi connectivity index (χ0n) is 15.5. The van der Waals surface area contributed by atoms with Crippen LogP contribution in [0.1, 0.15) is 46.3 Å². The summed E-state index contributed by atoms with van der Waals surface area (Å²) in [6.45, 7) is 11.6. The molecule has 25 heavy (non-hydrogen) atoms. The Morgan fingerprint density at radius 1 is 1.32 bits per heavy atom. The zero-order valence-corrected chi connectivity index (χ0v) is 18.7. The summed E-state index contributed by atoms with van der Waals surface area (Å²) in [4.78, 5) is 0. The van der Waals surface area contributed by atoms with Gasteiger partial charge in [0.05, 0.1) is 10.9 Å². The molecule has 1 aliphatic heterocycles. The molecular weight excluding hydrogens is 450 g/mol. The van der Waals surface area contributed by atoms with Gasteiger partial charge >= 0.3 is 0 Å². The Balaban J connectivity index is 2.10. The molecule has 2 aromatic rings. The first-order valence-corrected chi connectivity index (χ1v) is 12.8. The van der Waals surface area contributed by atoms with E-state index < -0.39 is 8.32 Å². The number of ether oxygens (including phenoxy) is 1. The number of benzene rings is 1. The summed E-state index contributed by atoms with van der Waals surface area (Å²) in [6, 6.07) is 3.04. The van der Waals surface area contributed by atoms with Crippen molar-refractivity contribution in [1.82, 2.24) is 9.78 Å². The molecule has 1 atom stereocenters. The summed E-state index contributed by atoms with van der Waals surface area (Å²) in [7, 11) is -2.08. The van der Waals surface area contributed by atoms with Gasteiger partial charge in [-0.15, -0.1) is 0 Å². The zero-order chi connectivity index (χ0) is 18.4. The summed E-state index contributed by atoms with van der Waals surface area (Å²) in [5.41, 5.74) is 0.755. The highest BCUT2D eigenvalue weighted by atomic mass is 127. The molecule has 0 radical (unpaired) electrons. The highest BCUT2D eigenvalue weighted by Crippen LogP contribution is 2.41. The Labute approximate surface area is 163 Å². The number of hydrogen-bond acceptors (Lipinski definition) is 3. The van der Waals surface area contributed by atoms with Gasteiger partial charge in [0.1, 0.15) is 15.3 Å². The van der Waals surface area contributed by atoms with Gasteiger partial charge in [0.15, 0.2) is 6.23 Å².